The number of hydrogen-bond acceptors (Lipinski definition) is 4. The van der Waals surface area contributed by atoms with E-state index in [2.05, 4.69) is 15.0 Å². The number of ether oxygens (including phenoxy) is 1. The van der Waals surface area contributed by atoms with Crippen molar-refractivity contribution in [3.05, 3.63) is 18.7 Å². The minimum atomic E-state index is -0.165. The van der Waals surface area contributed by atoms with Crippen LogP contribution in [0, 0.1) is 5.92 Å². The zero-order chi connectivity index (χ0) is 11.8. The first-order valence-corrected chi connectivity index (χ1v) is 5.48. The Morgan fingerprint density at radius 3 is 3.06 bits per heavy atom. The number of nitrogens with one attached hydrogen (secondary N) is 1. The molecular formula is C11H19N3O2. The van der Waals surface area contributed by atoms with Gasteiger partial charge in [0, 0.05) is 25.5 Å². The first-order valence-electron chi connectivity index (χ1n) is 5.48. The molecule has 0 bridgehead atoms. The van der Waals surface area contributed by atoms with Gasteiger partial charge in [0.05, 0.1) is 19.4 Å². The fraction of sp³-hybridized carbons (Fsp3) is 0.636. The molecule has 0 saturated carbocycles. The first-order chi connectivity index (χ1) is 7.74. The third kappa shape index (κ3) is 4.44. The average molecular weight is 225 g/mol. The van der Waals surface area contributed by atoms with Gasteiger partial charge in [0.1, 0.15) is 0 Å². The molecule has 0 saturated heterocycles. The number of rotatable bonds is 7. The highest BCUT2D eigenvalue weighted by Crippen LogP contribution is 1.95. The lowest BCUT2D eigenvalue weighted by Crippen LogP contribution is -2.28. The number of hydrogen-bond donors (Lipinski definition) is 1. The van der Waals surface area contributed by atoms with E-state index in [0.717, 1.165) is 19.5 Å². The van der Waals surface area contributed by atoms with Crippen molar-refractivity contribution < 1.29 is 9.53 Å². The number of carbonyl (C=O) groups is 1. The van der Waals surface area contributed by atoms with Crippen molar-refractivity contribution in [1.82, 2.24) is 14.9 Å². The van der Waals surface area contributed by atoms with E-state index in [1.165, 1.54) is 7.11 Å². The van der Waals surface area contributed by atoms with Crippen molar-refractivity contribution >= 4 is 5.97 Å². The van der Waals surface area contributed by atoms with Gasteiger partial charge in [-0.2, -0.15) is 0 Å². The zero-order valence-corrected chi connectivity index (χ0v) is 9.85. The number of carbonyl (C=O) groups excluding carboxylic acids is 1. The quantitative estimate of drug-likeness (QED) is 0.547. The Bertz CT molecular complexity index is 298. The van der Waals surface area contributed by atoms with Gasteiger partial charge < -0.3 is 14.6 Å². The van der Waals surface area contributed by atoms with Crippen molar-refractivity contribution in [2.24, 2.45) is 5.92 Å². The van der Waals surface area contributed by atoms with E-state index in [-0.39, 0.29) is 11.9 Å². The summed E-state index contributed by atoms with van der Waals surface area (Å²) in [4.78, 5) is 15.1. The molecule has 5 heteroatoms. The fourth-order valence-corrected chi connectivity index (χ4v) is 1.41. The van der Waals surface area contributed by atoms with Gasteiger partial charge in [-0.1, -0.05) is 6.92 Å². The topological polar surface area (TPSA) is 56.1 Å². The third-order valence-electron chi connectivity index (χ3n) is 2.38. The summed E-state index contributed by atoms with van der Waals surface area (Å²) in [7, 11) is 1.41. The normalized spacial score (nSPS) is 12.4. The summed E-state index contributed by atoms with van der Waals surface area (Å²) in [5, 5.41) is 3.23. The molecule has 0 spiro atoms. The Hall–Kier alpha value is -1.36. The van der Waals surface area contributed by atoms with E-state index in [1.54, 1.807) is 12.5 Å². The van der Waals surface area contributed by atoms with E-state index < -0.39 is 0 Å². The standard InChI is InChI=1S/C11H19N3O2/c1-10(11(15)16-2)8-12-4-3-6-14-7-5-13-9-14/h5,7,9-10,12H,3-4,6,8H2,1-2H3. The lowest BCUT2D eigenvalue weighted by molar-refractivity contribution is -0.144. The lowest BCUT2D eigenvalue weighted by atomic mass is 10.2. The van der Waals surface area contributed by atoms with Crippen molar-refractivity contribution in [2.45, 2.75) is 19.9 Å². The van der Waals surface area contributed by atoms with Crippen LogP contribution in [0.5, 0.6) is 0 Å². The largest absolute Gasteiger partial charge is 0.469 e. The molecule has 1 N–H and O–H groups in total. The van der Waals surface area contributed by atoms with Crippen LogP contribution < -0.4 is 5.32 Å². The smallest absolute Gasteiger partial charge is 0.309 e. The van der Waals surface area contributed by atoms with E-state index in [9.17, 15) is 4.79 Å². The predicted molar refractivity (Wildman–Crippen MR) is 60.9 cm³/mol. The van der Waals surface area contributed by atoms with Crippen LogP contribution >= 0.6 is 0 Å². The molecule has 0 aliphatic carbocycles. The molecule has 1 unspecified atom stereocenters. The maximum absolute atomic E-state index is 11.1. The molecule has 1 aromatic rings. The average Bonchev–Trinajstić information content (AvgIpc) is 2.80. The van der Waals surface area contributed by atoms with Crippen LogP contribution in [0.4, 0.5) is 0 Å². The molecule has 0 aromatic carbocycles. The van der Waals surface area contributed by atoms with Gasteiger partial charge in [0.25, 0.3) is 0 Å². The SMILES string of the molecule is COC(=O)C(C)CNCCCn1ccnc1. The van der Waals surface area contributed by atoms with Gasteiger partial charge in [0.15, 0.2) is 0 Å². The van der Waals surface area contributed by atoms with Gasteiger partial charge in [-0.15, -0.1) is 0 Å². The molecule has 5 nitrogen and oxygen atoms in total. The van der Waals surface area contributed by atoms with E-state index in [4.69, 9.17) is 0 Å². The second-order valence-electron chi connectivity index (χ2n) is 3.78. The van der Waals surface area contributed by atoms with Crippen LogP contribution in [0.1, 0.15) is 13.3 Å². The number of methoxy groups -OCH3 is 1. The summed E-state index contributed by atoms with van der Waals surface area (Å²) in [5.74, 6) is -0.250. The highest BCUT2D eigenvalue weighted by atomic mass is 16.5. The molecule has 0 amide bonds. The van der Waals surface area contributed by atoms with Crippen molar-refractivity contribution in [3.63, 3.8) is 0 Å². The first kappa shape index (κ1) is 12.7. The third-order valence-corrected chi connectivity index (χ3v) is 2.38. The van der Waals surface area contributed by atoms with Crippen LogP contribution in [0.2, 0.25) is 0 Å². The second kappa shape index (κ2) is 7.00. The summed E-state index contributed by atoms with van der Waals surface area (Å²) in [5.41, 5.74) is 0. The van der Waals surface area contributed by atoms with E-state index in [0.29, 0.717) is 6.54 Å². The maximum Gasteiger partial charge on any atom is 0.309 e. The van der Waals surface area contributed by atoms with Crippen molar-refractivity contribution in [1.29, 1.82) is 0 Å². The van der Waals surface area contributed by atoms with Gasteiger partial charge in [-0.3, -0.25) is 4.79 Å². The molecule has 0 aliphatic heterocycles. The van der Waals surface area contributed by atoms with Crippen LogP contribution in [-0.4, -0.2) is 35.7 Å². The summed E-state index contributed by atoms with van der Waals surface area (Å²) in [6.45, 7) is 4.35. The Labute approximate surface area is 95.8 Å². The Kier molecular flexibility index (Phi) is 5.56. The monoisotopic (exact) mass is 225 g/mol. The highest BCUT2D eigenvalue weighted by molar-refractivity contribution is 5.71. The van der Waals surface area contributed by atoms with Gasteiger partial charge in [0.2, 0.25) is 0 Å². The fourth-order valence-electron chi connectivity index (χ4n) is 1.41. The summed E-state index contributed by atoms with van der Waals surface area (Å²) in [6, 6.07) is 0. The molecule has 1 atom stereocenters. The Morgan fingerprint density at radius 2 is 2.44 bits per heavy atom. The number of nitrogens with zero attached hydrogens (tertiary/aromatic N) is 2. The lowest BCUT2D eigenvalue weighted by Gasteiger charge is -2.10. The molecule has 1 heterocycles. The molecular weight excluding hydrogens is 206 g/mol. The minimum absolute atomic E-state index is 0.0850. The number of aryl methyl sites for hydroxylation is 1. The minimum Gasteiger partial charge on any atom is -0.469 e. The molecule has 16 heavy (non-hydrogen) atoms. The van der Waals surface area contributed by atoms with E-state index >= 15 is 0 Å². The molecule has 0 aliphatic rings. The van der Waals surface area contributed by atoms with Gasteiger partial charge >= 0.3 is 5.97 Å². The van der Waals surface area contributed by atoms with Crippen LogP contribution in [0.15, 0.2) is 18.7 Å². The highest BCUT2D eigenvalue weighted by Gasteiger charge is 2.11. The van der Waals surface area contributed by atoms with Gasteiger partial charge in [-0.05, 0) is 13.0 Å². The molecule has 1 rings (SSSR count). The molecule has 0 radical (unpaired) electrons. The summed E-state index contributed by atoms with van der Waals surface area (Å²) >= 11 is 0. The summed E-state index contributed by atoms with van der Waals surface area (Å²) in [6.07, 6.45) is 6.53. The van der Waals surface area contributed by atoms with E-state index in [1.807, 2.05) is 17.7 Å². The Morgan fingerprint density at radius 1 is 1.62 bits per heavy atom. The molecule has 90 valence electrons. The van der Waals surface area contributed by atoms with Crippen LogP contribution in [0.25, 0.3) is 0 Å². The molecule has 0 fully saturated rings. The van der Waals surface area contributed by atoms with Gasteiger partial charge in [-0.25, -0.2) is 4.98 Å². The van der Waals surface area contributed by atoms with Crippen LogP contribution in [0.3, 0.4) is 0 Å². The zero-order valence-electron chi connectivity index (χ0n) is 9.85. The van der Waals surface area contributed by atoms with Crippen molar-refractivity contribution in [3.8, 4) is 0 Å². The van der Waals surface area contributed by atoms with Crippen LogP contribution in [-0.2, 0) is 16.1 Å². The number of esters is 1. The summed E-state index contributed by atoms with van der Waals surface area (Å²) < 4.78 is 6.67. The number of aromatic nitrogens is 2. The Balaban J connectivity index is 2.02. The van der Waals surface area contributed by atoms with Crippen molar-refractivity contribution in [2.75, 3.05) is 20.2 Å². The second-order valence-corrected chi connectivity index (χ2v) is 3.78. The molecule has 1 aromatic heterocycles. The maximum atomic E-state index is 11.1. The number of imidazole rings is 1. The predicted octanol–water partition coefficient (Wildman–Crippen LogP) is 0.672.